The van der Waals surface area contributed by atoms with Gasteiger partial charge in [0.1, 0.15) is 12.7 Å². The first-order valence-corrected chi connectivity index (χ1v) is 33.3. The SMILES string of the molecule is CC/C=C\C/C=C\C/C=C\C/C=C\CCCCCCC(=O)OC(COC(=O)CCCCCCCCCCCCCCCCCCC)COP(=O)(O)OCC(CO)OC(=O)CCCCCCCCC/C=C\C/C=C\CCCCC. The molecule has 12 heteroatoms. The smallest absolute Gasteiger partial charge is 0.462 e. The Kier molecular flexibility index (Phi) is 57.7. The number of rotatable bonds is 59. The quantitative estimate of drug-likeness (QED) is 0.0197. The monoisotopic (exact) mass is 1120 g/mol. The van der Waals surface area contributed by atoms with Crippen molar-refractivity contribution in [1.29, 1.82) is 0 Å². The van der Waals surface area contributed by atoms with Gasteiger partial charge in [0, 0.05) is 19.3 Å². The molecule has 0 saturated carbocycles. The van der Waals surface area contributed by atoms with Gasteiger partial charge in [-0.25, -0.2) is 4.57 Å². The number of phosphoric ester groups is 1. The van der Waals surface area contributed by atoms with Crippen LogP contribution in [0.1, 0.15) is 290 Å². The van der Waals surface area contributed by atoms with Gasteiger partial charge in [-0.05, 0) is 89.9 Å². The van der Waals surface area contributed by atoms with E-state index in [1.54, 1.807) is 0 Å². The minimum atomic E-state index is -4.76. The number of hydrogen-bond donors (Lipinski definition) is 2. The lowest BCUT2D eigenvalue weighted by Crippen LogP contribution is -2.30. The number of phosphoric acid groups is 1. The molecule has 0 aromatic heterocycles. The number of ether oxygens (including phenoxy) is 3. The number of unbranched alkanes of at least 4 members (excludes halogenated alkanes) is 30. The van der Waals surface area contributed by atoms with E-state index in [2.05, 4.69) is 93.7 Å². The average Bonchev–Trinajstić information content (AvgIpc) is 3.43. The molecule has 3 atom stereocenters. The number of aliphatic hydroxyl groups excluding tert-OH is 1. The van der Waals surface area contributed by atoms with Gasteiger partial charge >= 0.3 is 25.7 Å². The molecule has 0 saturated heterocycles. The predicted octanol–water partition coefficient (Wildman–Crippen LogP) is 19.3. The van der Waals surface area contributed by atoms with E-state index in [-0.39, 0.29) is 25.9 Å². The summed E-state index contributed by atoms with van der Waals surface area (Å²) in [6, 6.07) is 0. The van der Waals surface area contributed by atoms with Crippen molar-refractivity contribution in [3.05, 3.63) is 72.9 Å². The second-order valence-corrected chi connectivity index (χ2v) is 22.7. The van der Waals surface area contributed by atoms with Crippen LogP contribution in [0.4, 0.5) is 0 Å². The molecule has 0 amide bonds. The fourth-order valence-electron chi connectivity index (χ4n) is 8.79. The maximum atomic E-state index is 12.9. The highest BCUT2D eigenvalue weighted by atomic mass is 31.2. The molecule has 3 unspecified atom stereocenters. The van der Waals surface area contributed by atoms with Gasteiger partial charge in [0.25, 0.3) is 0 Å². The fraction of sp³-hybridized carbons (Fsp3) is 0.773. The summed E-state index contributed by atoms with van der Waals surface area (Å²) in [5.41, 5.74) is 0. The third-order valence-corrected chi connectivity index (χ3v) is 14.6. The molecule has 2 N–H and O–H groups in total. The third kappa shape index (κ3) is 57.6. The van der Waals surface area contributed by atoms with Gasteiger partial charge in [0.05, 0.1) is 19.8 Å². The second-order valence-electron chi connectivity index (χ2n) is 21.2. The lowest BCUT2D eigenvalue weighted by molar-refractivity contribution is -0.161. The van der Waals surface area contributed by atoms with Crippen molar-refractivity contribution in [2.45, 2.75) is 303 Å². The lowest BCUT2D eigenvalue weighted by atomic mass is 10.0. The van der Waals surface area contributed by atoms with Crippen LogP contribution in [0.5, 0.6) is 0 Å². The molecule has 78 heavy (non-hydrogen) atoms. The maximum absolute atomic E-state index is 12.9. The van der Waals surface area contributed by atoms with Crippen LogP contribution in [0.15, 0.2) is 72.9 Å². The van der Waals surface area contributed by atoms with E-state index in [1.165, 1.54) is 122 Å². The molecule has 0 spiro atoms. The highest BCUT2D eigenvalue weighted by Gasteiger charge is 2.28. The second kappa shape index (κ2) is 60.0. The molecule has 0 aliphatic heterocycles. The van der Waals surface area contributed by atoms with E-state index >= 15 is 0 Å². The summed E-state index contributed by atoms with van der Waals surface area (Å²) in [6.45, 7) is 4.52. The third-order valence-electron chi connectivity index (χ3n) is 13.6. The Balaban J connectivity index is 4.72. The van der Waals surface area contributed by atoms with Gasteiger partial charge in [0.2, 0.25) is 0 Å². The van der Waals surface area contributed by atoms with Crippen molar-refractivity contribution in [3.8, 4) is 0 Å². The minimum absolute atomic E-state index is 0.139. The Hall–Kier alpha value is -3.08. The molecule has 0 bridgehead atoms. The summed E-state index contributed by atoms with van der Waals surface area (Å²) >= 11 is 0. The van der Waals surface area contributed by atoms with Crippen LogP contribution in [0.2, 0.25) is 0 Å². The summed E-state index contributed by atoms with van der Waals surface area (Å²) in [5, 5.41) is 9.85. The molecule has 0 heterocycles. The highest BCUT2D eigenvalue weighted by Crippen LogP contribution is 2.43. The Labute approximate surface area is 478 Å². The molecule has 0 aliphatic rings. The Morgan fingerprint density at radius 2 is 0.667 bits per heavy atom. The molecule has 0 aromatic rings. The standard InChI is InChI=1S/C66H117O11P/c1-4-7-10-13-16-19-22-25-28-31-34-37-40-43-46-49-52-55-64(68)73-59-63(77-66(70)57-54-51-48-45-42-39-36-33-30-27-24-21-18-15-12-9-6-3)61-75-78(71,72)74-60-62(58-67)76-65(69)56-53-50-47-44-41-38-35-32-29-26-23-20-17-14-11-8-5-2/h9,12,17-18,20-21,26-27,29-30,36,39,62-63,67H,4-8,10-11,13-16,19,22-25,28,31-35,37-38,40-61H2,1-3H3,(H,71,72)/b12-9-,20-17-,21-18-,29-26-,30-27-,39-36-. The summed E-state index contributed by atoms with van der Waals surface area (Å²) in [4.78, 5) is 48.7. The number of esters is 3. The van der Waals surface area contributed by atoms with Gasteiger partial charge < -0.3 is 24.2 Å². The molecule has 452 valence electrons. The molecule has 0 fully saturated rings. The Morgan fingerprint density at radius 3 is 1.05 bits per heavy atom. The summed E-state index contributed by atoms with van der Waals surface area (Å²) in [7, 11) is -4.76. The van der Waals surface area contributed by atoms with Gasteiger partial charge in [0.15, 0.2) is 6.10 Å². The average molecular weight is 1120 g/mol. The van der Waals surface area contributed by atoms with E-state index in [9.17, 15) is 28.9 Å². The molecule has 0 radical (unpaired) electrons. The van der Waals surface area contributed by atoms with Crippen molar-refractivity contribution < 1.29 is 52.2 Å². The number of hydrogen-bond acceptors (Lipinski definition) is 10. The molecular weight excluding hydrogens is 1000 g/mol. The van der Waals surface area contributed by atoms with Crippen LogP contribution in [0, 0.1) is 0 Å². The summed E-state index contributed by atoms with van der Waals surface area (Å²) in [5.74, 6) is -1.49. The van der Waals surface area contributed by atoms with Gasteiger partial charge in [-0.3, -0.25) is 23.4 Å². The molecule has 0 aromatic carbocycles. The molecule has 11 nitrogen and oxygen atoms in total. The Morgan fingerprint density at radius 1 is 0.372 bits per heavy atom. The highest BCUT2D eigenvalue weighted by molar-refractivity contribution is 7.47. The van der Waals surface area contributed by atoms with Crippen LogP contribution in [0.25, 0.3) is 0 Å². The minimum Gasteiger partial charge on any atom is -0.462 e. The lowest BCUT2D eigenvalue weighted by Gasteiger charge is -2.21. The zero-order valence-corrected chi connectivity index (χ0v) is 51.0. The summed E-state index contributed by atoms with van der Waals surface area (Å²) < 4.78 is 39.7. The van der Waals surface area contributed by atoms with E-state index < -0.39 is 57.8 Å². The fourth-order valence-corrected chi connectivity index (χ4v) is 9.57. The van der Waals surface area contributed by atoms with Gasteiger partial charge in [-0.1, -0.05) is 254 Å². The number of allylic oxidation sites excluding steroid dienone is 12. The van der Waals surface area contributed by atoms with E-state index in [0.29, 0.717) is 19.3 Å². The first-order valence-electron chi connectivity index (χ1n) is 31.8. The van der Waals surface area contributed by atoms with E-state index in [4.69, 9.17) is 23.3 Å². The first kappa shape index (κ1) is 74.9. The number of carbonyl (C=O) groups excluding carboxylic acids is 3. The normalized spacial score (nSPS) is 13.8. The zero-order chi connectivity index (χ0) is 56.9. The van der Waals surface area contributed by atoms with Crippen molar-refractivity contribution >= 4 is 25.7 Å². The zero-order valence-electron chi connectivity index (χ0n) is 50.1. The van der Waals surface area contributed by atoms with Crippen molar-refractivity contribution in [2.75, 3.05) is 26.4 Å². The largest absolute Gasteiger partial charge is 0.472 e. The van der Waals surface area contributed by atoms with Crippen molar-refractivity contribution in [2.24, 2.45) is 0 Å². The molecule has 0 rings (SSSR count). The van der Waals surface area contributed by atoms with Gasteiger partial charge in [-0.2, -0.15) is 0 Å². The summed E-state index contributed by atoms with van der Waals surface area (Å²) in [6.07, 6.45) is 68.5. The van der Waals surface area contributed by atoms with Gasteiger partial charge in [-0.15, -0.1) is 0 Å². The number of aliphatic hydroxyl groups is 1. The van der Waals surface area contributed by atoms with E-state index in [0.717, 1.165) is 109 Å². The van der Waals surface area contributed by atoms with Crippen LogP contribution < -0.4 is 0 Å². The maximum Gasteiger partial charge on any atom is 0.472 e. The number of carbonyl (C=O) groups is 3. The van der Waals surface area contributed by atoms with Crippen LogP contribution in [0.3, 0.4) is 0 Å². The molecule has 0 aliphatic carbocycles. The van der Waals surface area contributed by atoms with Crippen LogP contribution in [-0.4, -0.2) is 66.5 Å². The Bertz CT molecular complexity index is 1590. The van der Waals surface area contributed by atoms with Crippen LogP contribution in [-0.2, 0) is 42.2 Å². The first-order chi connectivity index (χ1) is 38.2. The predicted molar refractivity (Wildman–Crippen MR) is 325 cm³/mol. The van der Waals surface area contributed by atoms with Crippen molar-refractivity contribution in [1.82, 2.24) is 0 Å². The topological polar surface area (TPSA) is 155 Å². The molecular formula is C66H117O11P. The van der Waals surface area contributed by atoms with E-state index in [1.807, 2.05) is 0 Å². The van der Waals surface area contributed by atoms with Crippen LogP contribution >= 0.6 is 7.82 Å². The van der Waals surface area contributed by atoms with Crippen molar-refractivity contribution in [3.63, 3.8) is 0 Å².